The average molecular weight is 414 g/mol. The Bertz CT molecular complexity index is 1260. The van der Waals surface area contributed by atoms with Crippen molar-refractivity contribution in [3.05, 3.63) is 56.8 Å². The predicted octanol–water partition coefficient (Wildman–Crippen LogP) is 4.15. The Morgan fingerprint density at radius 3 is 2.61 bits per heavy atom. The zero-order chi connectivity index (χ0) is 19.3. The highest BCUT2D eigenvalue weighted by molar-refractivity contribution is 6.31. The lowest BCUT2D eigenvalue weighted by Crippen LogP contribution is -2.24. The number of anilines is 1. The van der Waals surface area contributed by atoms with Gasteiger partial charge in [-0.05, 0) is 49.4 Å². The first-order valence-electron chi connectivity index (χ1n) is 9.07. The van der Waals surface area contributed by atoms with E-state index in [1.807, 2.05) is 18.2 Å². The van der Waals surface area contributed by atoms with E-state index < -0.39 is 0 Å². The molecule has 4 aromatic rings. The van der Waals surface area contributed by atoms with E-state index in [2.05, 4.69) is 25.6 Å². The minimum Gasteiger partial charge on any atom is -0.380 e. The summed E-state index contributed by atoms with van der Waals surface area (Å²) in [5, 5.41) is 8.95. The molecule has 8 heteroatoms. The van der Waals surface area contributed by atoms with Crippen LogP contribution in [0.2, 0.25) is 10.0 Å². The molecule has 2 aromatic carbocycles. The molecule has 5 rings (SSSR count). The fraction of sp³-hybridized carbons (Fsp3) is 0.200. The molecule has 0 unspecified atom stereocenters. The monoisotopic (exact) mass is 413 g/mol. The molecular formula is C20H17Cl2N5O. The van der Waals surface area contributed by atoms with Crippen molar-refractivity contribution < 1.29 is 0 Å². The minimum atomic E-state index is -0.214. The van der Waals surface area contributed by atoms with E-state index in [-0.39, 0.29) is 11.6 Å². The molecule has 28 heavy (non-hydrogen) atoms. The fourth-order valence-electron chi connectivity index (χ4n) is 3.72. The number of hydrogen-bond acceptors (Lipinski definition) is 4. The Hall–Kier alpha value is -2.54. The second kappa shape index (κ2) is 6.81. The smallest absolute Gasteiger partial charge is 0.261 e. The van der Waals surface area contributed by atoms with Gasteiger partial charge in [-0.2, -0.15) is 0 Å². The van der Waals surface area contributed by atoms with Crippen LogP contribution in [0.15, 0.2) is 41.2 Å². The Morgan fingerprint density at radius 2 is 1.82 bits per heavy atom. The van der Waals surface area contributed by atoms with Crippen LogP contribution in [0.1, 0.15) is 6.42 Å². The molecule has 1 atom stereocenters. The topological polar surface area (TPSA) is 85.6 Å². The largest absolute Gasteiger partial charge is 0.380 e. The zero-order valence-corrected chi connectivity index (χ0v) is 16.3. The number of fused-ring (bicyclic) bond motifs is 2. The Labute approximate surface area is 170 Å². The quantitative estimate of drug-likeness (QED) is 0.406. The number of aromatic amines is 2. The van der Waals surface area contributed by atoms with Gasteiger partial charge in [-0.3, -0.25) is 4.79 Å². The molecular weight excluding hydrogens is 397 g/mol. The standard InChI is InChI=1S/C20H17Cl2N5O/c21-10-1-3-14-13(7-10)18(24-12-5-6-23-9-12)17(20(28)27-14)19-25-15-4-2-11(22)8-16(15)26-19/h1-4,7-8,12,23H,5-6,9H2,(H,25,26)(H2,24,27,28)/t12-/m0/s1. The minimum absolute atomic E-state index is 0.214. The van der Waals surface area contributed by atoms with E-state index in [1.165, 1.54) is 0 Å². The number of nitrogens with one attached hydrogen (secondary N) is 4. The number of imidazole rings is 1. The van der Waals surface area contributed by atoms with Gasteiger partial charge in [0.1, 0.15) is 11.4 Å². The lowest BCUT2D eigenvalue weighted by molar-refractivity contribution is 0.794. The summed E-state index contributed by atoms with van der Waals surface area (Å²) >= 11 is 12.3. The third-order valence-electron chi connectivity index (χ3n) is 5.07. The maximum Gasteiger partial charge on any atom is 0.261 e. The maximum absolute atomic E-state index is 13.0. The summed E-state index contributed by atoms with van der Waals surface area (Å²) in [6, 6.07) is 11.1. The van der Waals surface area contributed by atoms with Crippen molar-refractivity contribution in [2.24, 2.45) is 0 Å². The second-order valence-corrected chi connectivity index (χ2v) is 7.85. The van der Waals surface area contributed by atoms with Crippen LogP contribution in [0.25, 0.3) is 33.3 Å². The summed E-state index contributed by atoms with van der Waals surface area (Å²) in [5.41, 5.74) is 3.24. The van der Waals surface area contributed by atoms with Gasteiger partial charge in [0.2, 0.25) is 0 Å². The van der Waals surface area contributed by atoms with Crippen LogP contribution in [0.3, 0.4) is 0 Å². The first-order chi connectivity index (χ1) is 13.6. The van der Waals surface area contributed by atoms with Crippen molar-refractivity contribution in [1.29, 1.82) is 0 Å². The SMILES string of the molecule is O=c1[nH]c2ccc(Cl)cc2c(N[C@H]2CCNC2)c1-c1nc2cc(Cl)ccc2[nH]1. The third-order valence-corrected chi connectivity index (χ3v) is 5.54. The molecule has 0 amide bonds. The molecule has 1 saturated heterocycles. The number of hydrogen-bond donors (Lipinski definition) is 4. The summed E-state index contributed by atoms with van der Waals surface area (Å²) in [6.45, 7) is 1.78. The summed E-state index contributed by atoms with van der Waals surface area (Å²) < 4.78 is 0. The van der Waals surface area contributed by atoms with Crippen LogP contribution < -0.4 is 16.2 Å². The van der Waals surface area contributed by atoms with Gasteiger partial charge in [0.15, 0.2) is 0 Å². The first-order valence-corrected chi connectivity index (χ1v) is 9.82. The number of benzene rings is 2. The van der Waals surface area contributed by atoms with Gasteiger partial charge in [-0.25, -0.2) is 4.98 Å². The van der Waals surface area contributed by atoms with E-state index >= 15 is 0 Å². The van der Waals surface area contributed by atoms with Crippen molar-refractivity contribution in [1.82, 2.24) is 20.3 Å². The van der Waals surface area contributed by atoms with Crippen LogP contribution in [0.4, 0.5) is 5.69 Å². The predicted molar refractivity (Wildman–Crippen MR) is 115 cm³/mol. The van der Waals surface area contributed by atoms with Gasteiger partial charge >= 0.3 is 0 Å². The third kappa shape index (κ3) is 3.03. The summed E-state index contributed by atoms with van der Waals surface area (Å²) in [5.74, 6) is 0.494. The molecule has 142 valence electrons. The molecule has 2 aromatic heterocycles. The van der Waals surface area contributed by atoms with Gasteiger partial charge in [0.05, 0.1) is 22.2 Å². The van der Waals surface area contributed by atoms with Gasteiger partial charge in [0, 0.05) is 28.0 Å². The highest BCUT2D eigenvalue weighted by Crippen LogP contribution is 2.33. The number of nitrogens with zero attached hydrogens (tertiary/aromatic N) is 1. The number of rotatable bonds is 3. The Kier molecular flexibility index (Phi) is 4.27. The Morgan fingerprint density at radius 1 is 1.04 bits per heavy atom. The number of pyridine rings is 1. The number of halogens is 2. The van der Waals surface area contributed by atoms with Gasteiger partial charge in [0.25, 0.3) is 5.56 Å². The van der Waals surface area contributed by atoms with Crippen molar-refractivity contribution >= 4 is 50.8 Å². The van der Waals surface area contributed by atoms with E-state index in [0.717, 1.165) is 41.6 Å². The first kappa shape index (κ1) is 17.6. The molecule has 0 radical (unpaired) electrons. The van der Waals surface area contributed by atoms with Gasteiger partial charge in [-0.1, -0.05) is 23.2 Å². The van der Waals surface area contributed by atoms with E-state index in [4.69, 9.17) is 23.2 Å². The molecule has 1 aliphatic rings. The molecule has 4 N–H and O–H groups in total. The van der Waals surface area contributed by atoms with Crippen LogP contribution in [0, 0.1) is 0 Å². The van der Waals surface area contributed by atoms with Crippen LogP contribution in [-0.4, -0.2) is 34.1 Å². The average Bonchev–Trinajstić information content (AvgIpc) is 3.31. The van der Waals surface area contributed by atoms with E-state index in [0.29, 0.717) is 26.9 Å². The molecule has 0 aliphatic carbocycles. The van der Waals surface area contributed by atoms with Gasteiger partial charge in [-0.15, -0.1) is 0 Å². The summed E-state index contributed by atoms with van der Waals surface area (Å²) in [4.78, 5) is 23.8. The molecule has 3 heterocycles. The molecule has 6 nitrogen and oxygen atoms in total. The second-order valence-electron chi connectivity index (χ2n) is 6.97. The Balaban J connectivity index is 1.77. The highest BCUT2D eigenvalue weighted by atomic mass is 35.5. The molecule has 1 fully saturated rings. The fourth-order valence-corrected chi connectivity index (χ4v) is 4.06. The maximum atomic E-state index is 13.0. The molecule has 1 aliphatic heterocycles. The summed E-state index contributed by atoms with van der Waals surface area (Å²) in [6.07, 6.45) is 0.976. The zero-order valence-electron chi connectivity index (χ0n) is 14.8. The van der Waals surface area contributed by atoms with Crippen molar-refractivity contribution in [3.8, 4) is 11.4 Å². The van der Waals surface area contributed by atoms with Crippen LogP contribution in [0.5, 0.6) is 0 Å². The van der Waals surface area contributed by atoms with Crippen molar-refractivity contribution in [3.63, 3.8) is 0 Å². The van der Waals surface area contributed by atoms with Crippen molar-refractivity contribution in [2.45, 2.75) is 12.5 Å². The molecule has 0 spiro atoms. The normalized spacial score (nSPS) is 16.9. The van der Waals surface area contributed by atoms with E-state index in [9.17, 15) is 4.79 Å². The molecule has 0 saturated carbocycles. The lowest BCUT2D eigenvalue weighted by Gasteiger charge is -2.18. The van der Waals surface area contributed by atoms with Crippen LogP contribution >= 0.6 is 23.2 Å². The molecule has 0 bridgehead atoms. The number of aromatic nitrogens is 3. The lowest BCUT2D eigenvalue weighted by atomic mass is 10.1. The van der Waals surface area contributed by atoms with E-state index in [1.54, 1.807) is 18.2 Å². The van der Waals surface area contributed by atoms with Crippen molar-refractivity contribution in [2.75, 3.05) is 18.4 Å². The highest BCUT2D eigenvalue weighted by Gasteiger charge is 2.22. The van der Waals surface area contributed by atoms with Crippen LogP contribution in [-0.2, 0) is 0 Å². The summed E-state index contributed by atoms with van der Waals surface area (Å²) in [7, 11) is 0. The van der Waals surface area contributed by atoms with Gasteiger partial charge < -0.3 is 20.6 Å². The number of H-pyrrole nitrogens is 2.